The van der Waals surface area contributed by atoms with E-state index in [-0.39, 0.29) is 5.88 Å². The van der Waals surface area contributed by atoms with Gasteiger partial charge in [0.1, 0.15) is 34.2 Å². The summed E-state index contributed by atoms with van der Waals surface area (Å²) >= 11 is 0. The van der Waals surface area contributed by atoms with Gasteiger partial charge in [-0.2, -0.15) is 5.10 Å². The summed E-state index contributed by atoms with van der Waals surface area (Å²) in [5.41, 5.74) is 2.70. The van der Waals surface area contributed by atoms with Crippen LogP contribution >= 0.6 is 7.26 Å². The van der Waals surface area contributed by atoms with Crippen LogP contribution in [0.2, 0.25) is 0 Å². The molecule has 0 spiro atoms. The third kappa shape index (κ3) is 4.53. The van der Waals surface area contributed by atoms with Gasteiger partial charge in [0.15, 0.2) is 0 Å². The van der Waals surface area contributed by atoms with E-state index in [9.17, 15) is 5.11 Å². The van der Waals surface area contributed by atoms with Crippen molar-refractivity contribution in [1.29, 1.82) is 0 Å². The van der Waals surface area contributed by atoms with Crippen LogP contribution in [0.15, 0.2) is 151 Å². The largest absolute Gasteiger partial charge is 0.858 e. The predicted molar refractivity (Wildman–Crippen MR) is 166 cm³/mol. The van der Waals surface area contributed by atoms with Crippen LogP contribution in [0.1, 0.15) is 11.3 Å². The molecular formula is C35H28N3OP. The number of aliphatic imine (C=N–C) groups is 1. The van der Waals surface area contributed by atoms with Crippen LogP contribution in [-0.2, 0) is 0 Å². The third-order valence-corrected chi connectivity index (χ3v) is 11.4. The molecule has 0 N–H and O–H groups in total. The predicted octanol–water partition coefficient (Wildman–Crippen LogP) is 5.62. The normalized spacial score (nSPS) is 11.6. The molecule has 0 amide bonds. The van der Waals surface area contributed by atoms with Gasteiger partial charge in [-0.25, -0.2) is 4.68 Å². The summed E-state index contributed by atoms with van der Waals surface area (Å²) in [7, 11) is -2.34. The number of hydrogen-bond donors (Lipinski definition) is 0. The van der Waals surface area contributed by atoms with Crippen molar-refractivity contribution in [2.24, 2.45) is 4.99 Å². The van der Waals surface area contributed by atoms with E-state index in [0.717, 1.165) is 16.7 Å². The Morgan fingerprint density at radius 1 is 0.625 bits per heavy atom. The Hall–Kier alpha value is -4.79. The summed E-state index contributed by atoms with van der Waals surface area (Å²) < 4.78 is 1.44. The van der Waals surface area contributed by atoms with Crippen LogP contribution in [0.3, 0.4) is 0 Å². The van der Waals surface area contributed by atoms with Gasteiger partial charge in [0, 0.05) is 17.7 Å². The molecule has 0 saturated heterocycles. The fourth-order valence-corrected chi connectivity index (χ4v) is 9.59. The summed E-state index contributed by atoms with van der Waals surface area (Å²) in [6, 6.07) is 49.9. The molecule has 1 heterocycles. The van der Waals surface area contributed by atoms with Crippen molar-refractivity contribution in [3.63, 3.8) is 0 Å². The number of benzene rings is 5. The molecule has 6 rings (SSSR count). The molecule has 40 heavy (non-hydrogen) atoms. The second-order valence-electron chi connectivity index (χ2n) is 9.48. The third-order valence-electron chi connectivity index (χ3n) is 7.07. The van der Waals surface area contributed by atoms with Crippen molar-refractivity contribution in [2.45, 2.75) is 6.92 Å². The summed E-state index contributed by atoms with van der Waals surface area (Å²) in [6.45, 7) is 1.85. The van der Waals surface area contributed by atoms with Crippen LogP contribution in [0.25, 0.3) is 5.69 Å². The van der Waals surface area contributed by atoms with Gasteiger partial charge in [-0.15, -0.1) is 0 Å². The standard InChI is InChI=1S/C35H28N3OP/c1-27-32(35(39)38(37-27)28-16-6-2-7-17-28)26-36-33-24-14-15-25-34(33)40(29-18-8-3-9-19-29,30-20-10-4-11-21-30)31-22-12-5-13-23-31/h2-26H,1H3. The topological polar surface area (TPSA) is 53.2 Å². The first kappa shape index (κ1) is 25.5. The zero-order chi connectivity index (χ0) is 27.4. The van der Waals surface area contributed by atoms with Crippen molar-refractivity contribution in [1.82, 2.24) is 9.78 Å². The molecule has 0 aliphatic rings. The highest BCUT2D eigenvalue weighted by Crippen LogP contribution is 2.56. The number of rotatable bonds is 7. The van der Waals surface area contributed by atoms with Crippen LogP contribution in [-0.4, -0.2) is 16.0 Å². The second-order valence-corrected chi connectivity index (χ2v) is 12.8. The molecule has 0 atom stereocenters. The van der Waals surface area contributed by atoms with E-state index in [1.165, 1.54) is 20.6 Å². The first-order valence-corrected chi connectivity index (χ1v) is 15.0. The first-order valence-electron chi connectivity index (χ1n) is 13.2. The fourth-order valence-electron chi connectivity index (χ4n) is 5.22. The first-order chi connectivity index (χ1) is 19.7. The lowest BCUT2D eigenvalue weighted by Gasteiger charge is -2.28. The molecule has 5 heteroatoms. The SMILES string of the molecule is Cc1nn(-c2ccccc2)c([O-])c1C=Nc1ccccc1[P+](c1ccccc1)(c1ccccc1)c1ccccc1. The Balaban J connectivity index is 1.57. The van der Waals surface area contributed by atoms with E-state index in [4.69, 9.17) is 4.99 Å². The van der Waals surface area contributed by atoms with Crippen LogP contribution in [0.5, 0.6) is 5.88 Å². The Bertz CT molecular complexity index is 1650. The number of aryl methyl sites for hydroxylation is 1. The minimum Gasteiger partial charge on any atom is -0.858 e. The Labute approximate surface area is 235 Å². The Morgan fingerprint density at radius 2 is 1.07 bits per heavy atom. The molecule has 0 unspecified atom stereocenters. The van der Waals surface area contributed by atoms with Crippen LogP contribution < -0.4 is 26.3 Å². The molecule has 0 fully saturated rings. The Morgan fingerprint density at radius 3 is 1.60 bits per heavy atom. The van der Waals surface area contributed by atoms with E-state index in [1.54, 1.807) is 6.21 Å². The number of nitrogens with zero attached hydrogens (tertiary/aromatic N) is 3. The van der Waals surface area contributed by atoms with E-state index >= 15 is 0 Å². The zero-order valence-electron chi connectivity index (χ0n) is 22.1. The summed E-state index contributed by atoms with van der Waals surface area (Å²) in [5, 5.41) is 22.8. The summed E-state index contributed by atoms with van der Waals surface area (Å²) in [4.78, 5) is 5.00. The van der Waals surface area contributed by atoms with Gasteiger partial charge in [0.25, 0.3) is 0 Å². The van der Waals surface area contributed by atoms with Crippen LogP contribution in [0.4, 0.5) is 5.69 Å². The lowest BCUT2D eigenvalue weighted by molar-refractivity contribution is -0.277. The van der Waals surface area contributed by atoms with Crippen molar-refractivity contribution < 1.29 is 5.11 Å². The molecule has 0 radical (unpaired) electrons. The molecular weight excluding hydrogens is 509 g/mol. The molecule has 0 saturated carbocycles. The van der Waals surface area contributed by atoms with Gasteiger partial charge < -0.3 is 5.11 Å². The van der Waals surface area contributed by atoms with Gasteiger partial charge in [0.05, 0.1) is 11.4 Å². The lowest BCUT2D eigenvalue weighted by Crippen LogP contribution is -2.38. The minimum absolute atomic E-state index is 0.180. The molecule has 0 aliphatic carbocycles. The molecule has 4 nitrogen and oxygen atoms in total. The van der Waals surface area contributed by atoms with E-state index in [2.05, 4.69) is 108 Å². The number of para-hydroxylation sites is 2. The van der Waals surface area contributed by atoms with Crippen LogP contribution in [0, 0.1) is 6.92 Å². The highest BCUT2D eigenvalue weighted by Gasteiger charge is 2.49. The monoisotopic (exact) mass is 537 g/mol. The highest BCUT2D eigenvalue weighted by molar-refractivity contribution is 8.01. The average Bonchev–Trinajstić information content (AvgIpc) is 3.31. The second kappa shape index (κ2) is 11.1. The summed E-state index contributed by atoms with van der Waals surface area (Å²) in [6.07, 6.45) is 1.68. The van der Waals surface area contributed by atoms with E-state index < -0.39 is 7.26 Å². The molecule has 0 bridgehead atoms. The average molecular weight is 538 g/mol. The van der Waals surface area contributed by atoms with Gasteiger partial charge in [0.2, 0.25) is 0 Å². The van der Waals surface area contributed by atoms with Gasteiger partial charge in [-0.3, -0.25) is 4.99 Å². The van der Waals surface area contributed by atoms with E-state index in [1.807, 2.05) is 49.4 Å². The quantitative estimate of drug-likeness (QED) is 0.196. The molecule has 0 aliphatic heterocycles. The van der Waals surface area contributed by atoms with Gasteiger partial charge >= 0.3 is 0 Å². The minimum atomic E-state index is -2.34. The van der Waals surface area contributed by atoms with Crippen molar-refractivity contribution in [3.8, 4) is 11.6 Å². The summed E-state index contributed by atoms with van der Waals surface area (Å²) in [5.74, 6) is -0.180. The lowest BCUT2D eigenvalue weighted by atomic mass is 10.2. The molecule has 6 aromatic rings. The van der Waals surface area contributed by atoms with Crippen molar-refractivity contribution >= 4 is 40.4 Å². The van der Waals surface area contributed by atoms with Crippen molar-refractivity contribution in [3.05, 3.63) is 157 Å². The van der Waals surface area contributed by atoms with Crippen molar-refractivity contribution in [2.75, 3.05) is 0 Å². The van der Waals surface area contributed by atoms with E-state index in [0.29, 0.717) is 11.3 Å². The highest BCUT2D eigenvalue weighted by atomic mass is 31.2. The molecule has 5 aromatic carbocycles. The van der Waals surface area contributed by atoms with Gasteiger partial charge in [-0.1, -0.05) is 84.9 Å². The maximum Gasteiger partial charge on any atom is 0.146 e. The smallest absolute Gasteiger partial charge is 0.146 e. The number of aromatic nitrogens is 2. The maximum absolute atomic E-state index is 13.4. The maximum atomic E-state index is 13.4. The Kier molecular flexibility index (Phi) is 7.09. The zero-order valence-corrected chi connectivity index (χ0v) is 23.0. The number of hydrogen-bond acceptors (Lipinski definition) is 3. The molecule has 194 valence electrons. The molecule has 1 aromatic heterocycles. The van der Waals surface area contributed by atoms with Gasteiger partial charge in [-0.05, 0) is 67.6 Å². The fraction of sp³-hybridized carbons (Fsp3) is 0.0286.